The topological polar surface area (TPSA) is 28.2 Å². The van der Waals surface area contributed by atoms with Crippen molar-refractivity contribution in [1.29, 1.82) is 0 Å². The highest BCUT2D eigenvalue weighted by Crippen LogP contribution is 2.19. The normalized spacial score (nSPS) is 27.2. The zero-order valence-electron chi connectivity index (χ0n) is 10.6. The maximum Gasteiger partial charge on any atom is 0.107 e. The number of nitrogens with one attached hydrogen (secondary N) is 1. The number of piperazine rings is 1. The van der Waals surface area contributed by atoms with Gasteiger partial charge in [-0.2, -0.15) is 0 Å². The van der Waals surface area contributed by atoms with Crippen LogP contribution in [-0.2, 0) is 6.54 Å². The molecule has 1 fully saturated rings. The van der Waals surface area contributed by atoms with Gasteiger partial charge in [-0.3, -0.25) is 4.90 Å². The molecule has 1 aromatic heterocycles. The van der Waals surface area contributed by atoms with E-state index in [9.17, 15) is 0 Å². The third-order valence-electron chi connectivity index (χ3n) is 3.06. The fourth-order valence-corrected chi connectivity index (χ4v) is 3.34. The Morgan fingerprint density at radius 3 is 2.44 bits per heavy atom. The highest BCUT2D eigenvalue weighted by Gasteiger charge is 2.21. The number of rotatable bonds is 2. The molecule has 0 aromatic carbocycles. The minimum Gasteiger partial charge on any atom is -0.309 e. The molecule has 1 N–H and O–H groups in total. The largest absolute Gasteiger partial charge is 0.309 e. The molecule has 0 bridgehead atoms. The van der Waals surface area contributed by atoms with E-state index in [1.165, 1.54) is 15.6 Å². The van der Waals surface area contributed by atoms with Crippen molar-refractivity contribution in [3.63, 3.8) is 0 Å². The molecule has 0 saturated carbocycles. The van der Waals surface area contributed by atoms with Gasteiger partial charge in [-0.05, 0) is 27.7 Å². The van der Waals surface area contributed by atoms with Gasteiger partial charge in [0.05, 0.1) is 12.2 Å². The van der Waals surface area contributed by atoms with Crippen molar-refractivity contribution < 1.29 is 0 Å². The van der Waals surface area contributed by atoms with Crippen molar-refractivity contribution in [1.82, 2.24) is 15.2 Å². The first-order valence-electron chi connectivity index (χ1n) is 5.96. The van der Waals surface area contributed by atoms with E-state index >= 15 is 0 Å². The quantitative estimate of drug-likeness (QED) is 0.855. The summed E-state index contributed by atoms with van der Waals surface area (Å²) < 4.78 is 0. The standard InChI is InChI=1S/C12H21N3S/c1-8-5-15(6-9(2)13-8)7-12-14-10(3)11(4)16-12/h8-9,13H,5-7H2,1-4H3. The van der Waals surface area contributed by atoms with Crippen LogP contribution in [0.2, 0.25) is 0 Å². The zero-order valence-corrected chi connectivity index (χ0v) is 11.4. The number of nitrogens with zero attached hydrogens (tertiary/aromatic N) is 2. The van der Waals surface area contributed by atoms with E-state index in [2.05, 4.69) is 42.9 Å². The number of aryl methyl sites for hydroxylation is 2. The van der Waals surface area contributed by atoms with Gasteiger partial charge in [0.2, 0.25) is 0 Å². The molecule has 16 heavy (non-hydrogen) atoms. The predicted octanol–water partition coefficient (Wildman–Crippen LogP) is 1.94. The molecule has 1 aromatic rings. The lowest BCUT2D eigenvalue weighted by molar-refractivity contribution is 0.166. The zero-order chi connectivity index (χ0) is 11.7. The van der Waals surface area contributed by atoms with Crippen LogP contribution in [-0.4, -0.2) is 35.1 Å². The van der Waals surface area contributed by atoms with Crippen LogP contribution in [0.1, 0.15) is 29.4 Å². The maximum atomic E-state index is 4.61. The first kappa shape index (κ1) is 12.0. The van der Waals surface area contributed by atoms with E-state index in [0.717, 1.165) is 19.6 Å². The third-order valence-corrected chi connectivity index (χ3v) is 4.12. The molecule has 3 nitrogen and oxygen atoms in total. The smallest absolute Gasteiger partial charge is 0.107 e. The maximum absolute atomic E-state index is 4.61. The van der Waals surface area contributed by atoms with Crippen LogP contribution >= 0.6 is 11.3 Å². The molecule has 1 aliphatic rings. The van der Waals surface area contributed by atoms with Crippen LogP contribution in [0.15, 0.2) is 0 Å². The molecule has 0 aliphatic carbocycles. The highest BCUT2D eigenvalue weighted by molar-refractivity contribution is 7.11. The van der Waals surface area contributed by atoms with E-state index < -0.39 is 0 Å². The molecule has 2 heterocycles. The van der Waals surface area contributed by atoms with Gasteiger partial charge < -0.3 is 5.32 Å². The van der Waals surface area contributed by atoms with Crippen molar-refractivity contribution in [2.45, 2.75) is 46.3 Å². The molecule has 90 valence electrons. The van der Waals surface area contributed by atoms with Gasteiger partial charge in [0, 0.05) is 30.1 Å². The van der Waals surface area contributed by atoms with Crippen LogP contribution < -0.4 is 5.32 Å². The predicted molar refractivity (Wildman–Crippen MR) is 68.9 cm³/mol. The van der Waals surface area contributed by atoms with Crippen molar-refractivity contribution in [3.8, 4) is 0 Å². The third kappa shape index (κ3) is 2.81. The van der Waals surface area contributed by atoms with Crippen LogP contribution in [0.3, 0.4) is 0 Å². The van der Waals surface area contributed by atoms with Crippen LogP contribution in [0.25, 0.3) is 0 Å². The minimum absolute atomic E-state index is 0.589. The number of aromatic nitrogens is 1. The summed E-state index contributed by atoms with van der Waals surface area (Å²) in [6.45, 7) is 12.0. The summed E-state index contributed by atoms with van der Waals surface area (Å²) in [4.78, 5) is 8.47. The lowest BCUT2D eigenvalue weighted by Crippen LogP contribution is -2.53. The van der Waals surface area contributed by atoms with E-state index in [1.807, 2.05) is 11.3 Å². The SMILES string of the molecule is Cc1nc(CN2CC(C)NC(C)C2)sc1C. The van der Waals surface area contributed by atoms with Gasteiger partial charge in [0.25, 0.3) is 0 Å². The van der Waals surface area contributed by atoms with Gasteiger partial charge >= 0.3 is 0 Å². The number of hydrogen-bond acceptors (Lipinski definition) is 4. The Morgan fingerprint density at radius 2 is 1.94 bits per heavy atom. The Balaban J connectivity index is 1.98. The first-order valence-corrected chi connectivity index (χ1v) is 6.77. The molecule has 1 saturated heterocycles. The van der Waals surface area contributed by atoms with E-state index in [0.29, 0.717) is 12.1 Å². The molecule has 2 atom stereocenters. The minimum atomic E-state index is 0.589. The van der Waals surface area contributed by atoms with Crippen molar-refractivity contribution in [2.75, 3.05) is 13.1 Å². The Kier molecular flexibility index (Phi) is 3.62. The van der Waals surface area contributed by atoms with Crippen LogP contribution in [0.4, 0.5) is 0 Å². The Morgan fingerprint density at radius 1 is 1.31 bits per heavy atom. The molecule has 0 spiro atoms. The van der Waals surface area contributed by atoms with E-state index in [4.69, 9.17) is 0 Å². The highest BCUT2D eigenvalue weighted by atomic mass is 32.1. The van der Waals surface area contributed by atoms with Gasteiger partial charge in [-0.15, -0.1) is 11.3 Å². The lowest BCUT2D eigenvalue weighted by atomic mass is 10.1. The number of thiazole rings is 1. The average Bonchev–Trinajstić information content (AvgIpc) is 2.43. The van der Waals surface area contributed by atoms with Crippen molar-refractivity contribution >= 4 is 11.3 Å². The first-order chi connectivity index (χ1) is 7.54. The molecule has 4 heteroatoms. The second-order valence-corrected chi connectivity index (χ2v) is 6.20. The Bertz CT molecular complexity index is 332. The summed E-state index contributed by atoms with van der Waals surface area (Å²) in [5.74, 6) is 0. The molecular formula is C12H21N3S. The summed E-state index contributed by atoms with van der Waals surface area (Å²) in [5.41, 5.74) is 1.19. The molecule has 1 aliphatic heterocycles. The Labute approximate surface area is 102 Å². The Hall–Kier alpha value is -0.450. The fourth-order valence-electron chi connectivity index (χ4n) is 2.37. The lowest BCUT2D eigenvalue weighted by Gasteiger charge is -2.35. The monoisotopic (exact) mass is 239 g/mol. The second kappa shape index (κ2) is 4.82. The van der Waals surface area contributed by atoms with Gasteiger partial charge in [-0.1, -0.05) is 0 Å². The average molecular weight is 239 g/mol. The van der Waals surface area contributed by atoms with Gasteiger partial charge in [-0.25, -0.2) is 4.98 Å². The summed E-state index contributed by atoms with van der Waals surface area (Å²) in [5, 5.41) is 4.81. The summed E-state index contributed by atoms with van der Waals surface area (Å²) in [7, 11) is 0. The summed E-state index contributed by atoms with van der Waals surface area (Å²) in [6, 6.07) is 1.18. The van der Waals surface area contributed by atoms with Crippen molar-refractivity contribution in [2.24, 2.45) is 0 Å². The van der Waals surface area contributed by atoms with Gasteiger partial charge in [0.15, 0.2) is 0 Å². The molecule has 0 radical (unpaired) electrons. The molecule has 0 amide bonds. The summed E-state index contributed by atoms with van der Waals surface area (Å²) >= 11 is 1.84. The van der Waals surface area contributed by atoms with Crippen LogP contribution in [0.5, 0.6) is 0 Å². The van der Waals surface area contributed by atoms with Gasteiger partial charge in [0.1, 0.15) is 5.01 Å². The summed E-state index contributed by atoms with van der Waals surface area (Å²) in [6.07, 6.45) is 0. The molecule has 2 rings (SSSR count). The van der Waals surface area contributed by atoms with Crippen LogP contribution in [0, 0.1) is 13.8 Å². The molecule has 2 unspecified atom stereocenters. The molecular weight excluding hydrogens is 218 g/mol. The fraction of sp³-hybridized carbons (Fsp3) is 0.750. The number of hydrogen-bond donors (Lipinski definition) is 1. The van der Waals surface area contributed by atoms with E-state index in [-0.39, 0.29) is 0 Å². The van der Waals surface area contributed by atoms with Crippen molar-refractivity contribution in [3.05, 3.63) is 15.6 Å². The second-order valence-electron chi connectivity index (χ2n) is 4.91. The van der Waals surface area contributed by atoms with E-state index in [1.54, 1.807) is 0 Å².